The highest BCUT2D eigenvalue weighted by Crippen LogP contribution is 2.33. The van der Waals surface area contributed by atoms with Crippen LogP contribution in [0.3, 0.4) is 0 Å². The molecule has 1 N–H and O–H groups in total. The molecule has 6 nitrogen and oxygen atoms in total. The van der Waals surface area contributed by atoms with Crippen molar-refractivity contribution in [3.05, 3.63) is 34.9 Å². The molecule has 1 aromatic carbocycles. The number of carbonyl (C=O) groups excluding carboxylic acids is 3. The fraction of sp³-hybridized carbons (Fsp3) is 0.526. The lowest BCUT2D eigenvalue weighted by atomic mass is 9.92. The van der Waals surface area contributed by atoms with Crippen molar-refractivity contribution in [3.8, 4) is 0 Å². The summed E-state index contributed by atoms with van der Waals surface area (Å²) in [4.78, 5) is 41.0. The number of imide groups is 1. The molecule has 2 atom stereocenters. The molecule has 2 aliphatic heterocycles. The lowest BCUT2D eigenvalue weighted by Gasteiger charge is -2.36. The van der Waals surface area contributed by atoms with Crippen molar-refractivity contribution in [2.45, 2.75) is 51.1 Å². The minimum Gasteiger partial charge on any atom is -0.338 e. The smallest absolute Gasteiger partial charge is 0.325 e. The number of nitrogens with zero attached hydrogens (tertiary/aromatic N) is 2. The molecule has 0 spiro atoms. The summed E-state index contributed by atoms with van der Waals surface area (Å²) in [6.45, 7) is 4.12. The number of hydrogen-bond donors (Lipinski definition) is 1. The van der Waals surface area contributed by atoms with Crippen LogP contribution in [0.15, 0.2) is 24.3 Å². The van der Waals surface area contributed by atoms with Crippen LogP contribution < -0.4 is 5.32 Å². The number of benzene rings is 1. The molecule has 140 valence electrons. The number of rotatable bonds is 4. The molecular weight excluding hydrogens is 354 g/mol. The summed E-state index contributed by atoms with van der Waals surface area (Å²) in [6, 6.07) is 6.54. The van der Waals surface area contributed by atoms with E-state index < -0.39 is 17.5 Å². The van der Waals surface area contributed by atoms with E-state index in [0.29, 0.717) is 17.1 Å². The monoisotopic (exact) mass is 377 g/mol. The van der Waals surface area contributed by atoms with Crippen LogP contribution in [-0.2, 0) is 15.1 Å². The van der Waals surface area contributed by atoms with Gasteiger partial charge in [-0.15, -0.1) is 0 Å². The quantitative estimate of drug-likeness (QED) is 0.820. The maximum Gasteiger partial charge on any atom is 0.325 e. The molecule has 2 fully saturated rings. The van der Waals surface area contributed by atoms with E-state index in [0.717, 1.165) is 30.6 Å². The summed E-state index contributed by atoms with van der Waals surface area (Å²) in [5.74, 6) is -0.627. The van der Waals surface area contributed by atoms with Crippen LogP contribution in [0.1, 0.15) is 45.1 Å². The van der Waals surface area contributed by atoms with Crippen molar-refractivity contribution in [2.75, 3.05) is 13.1 Å². The molecule has 0 aliphatic carbocycles. The molecule has 1 aromatic rings. The fourth-order valence-corrected chi connectivity index (χ4v) is 4.19. The third kappa shape index (κ3) is 3.18. The first-order valence-corrected chi connectivity index (χ1v) is 9.45. The zero-order valence-corrected chi connectivity index (χ0v) is 15.9. The van der Waals surface area contributed by atoms with Gasteiger partial charge in [0.1, 0.15) is 12.1 Å². The summed E-state index contributed by atoms with van der Waals surface area (Å²) in [7, 11) is 0. The first-order chi connectivity index (χ1) is 12.4. The van der Waals surface area contributed by atoms with E-state index in [4.69, 9.17) is 11.6 Å². The van der Waals surface area contributed by atoms with E-state index >= 15 is 0 Å². The van der Waals surface area contributed by atoms with Gasteiger partial charge in [0.05, 0.1) is 0 Å². The van der Waals surface area contributed by atoms with Gasteiger partial charge in [0.2, 0.25) is 5.91 Å². The predicted octanol–water partition coefficient (Wildman–Crippen LogP) is 2.90. The zero-order chi connectivity index (χ0) is 18.9. The topological polar surface area (TPSA) is 69.7 Å². The van der Waals surface area contributed by atoms with Gasteiger partial charge in [0.25, 0.3) is 5.91 Å². The molecule has 3 rings (SSSR count). The third-order valence-corrected chi connectivity index (χ3v) is 5.73. The number of nitrogens with one attached hydrogen (secondary N) is 1. The molecule has 26 heavy (non-hydrogen) atoms. The molecular formula is C19H24ClN3O3. The lowest BCUT2D eigenvalue weighted by molar-refractivity contribution is -0.141. The van der Waals surface area contributed by atoms with Crippen LogP contribution in [-0.4, -0.2) is 46.8 Å². The molecule has 0 bridgehead atoms. The minimum absolute atomic E-state index is 0.177. The average Bonchev–Trinajstić information content (AvgIpc) is 2.85. The normalized spacial score (nSPS) is 26.2. The molecule has 0 unspecified atom stereocenters. The van der Waals surface area contributed by atoms with Crippen LogP contribution in [0, 0.1) is 0 Å². The largest absolute Gasteiger partial charge is 0.338 e. The zero-order valence-electron chi connectivity index (χ0n) is 15.1. The number of carbonyl (C=O) groups is 3. The Balaban J connectivity index is 1.79. The van der Waals surface area contributed by atoms with Crippen LogP contribution in [0.5, 0.6) is 0 Å². The number of piperidine rings is 1. The van der Waals surface area contributed by atoms with Gasteiger partial charge in [-0.1, -0.05) is 36.7 Å². The number of likely N-dealkylation sites (tertiary alicyclic amines) is 1. The van der Waals surface area contributed by atoms with Crippen LogP contribution in [0.25, 0.3) is 0 Å². The number of hydrogen-bond acceptors (Lipinski definition) is 3. The summed E-state index contributed by atoms with van der Waals surface area (Å²) in [5.41, 5.74) is -0.735. The molecule has 4 amide bonds. The Morgan fingerprint density at radius 1 is 1.31 bits per heavy atom. The van der Waals surface area contributed by atoms with E-state index in [1.807, 2.05) is 4.90 Å². The van der Waals surface area contributed by atoms with Gasteiger partial charge >= 0.3 is 6.03 Å². The van der Waals surface area contributed by atoms with Gasteiger partial charge in [-0.25, -0.2) is 4.79 Å². The second-order valence-electron chi connectivity index (χ2n) is 7.07. The maximum absolute atomic E-state index is 13.0. The second-order valence-corrected chi connectivity index (χ2v) is 7.48. The van der Waals surface area contributed by atoms with Gasteiger partial charge in [-0.2, -0.15) is 0 Å². The van der Waals surface area contributed by atoms with Gasteiger partial charge < -0.3 is 10.2 Å². The van der Waals surface area contributed by atoms with E-state index in [1.165, 1.54) is 0 Å². The third-order valence-electron chi connectivity index (χ3n) is 5.40. The Bertz CT molecular complexity index is 738. The Kier molecular flexibility index (Phi) is 5.23. The molecule has 0 radical (unpaired) electrons. The molecule has 2 saturated heterocycles. The highest BCUT2D eigenvalue weighted by Gasteiger charge is 2.50. The minimum atomic E-state index is -1.26. The Hall–Kier alpha value is -2.08. The Morgan fingerprint density at radius 2 is 2.04 bits per heavy atom. The van der Waals surface area contributed by atoms with Crippen molar-refractivity contribution < 1.29 is 14.4 Å². The fourth-order valence-electron chi connectivity index (χ4n) is 3.87. The van der Waals surface area contributed by atoms with E-state index in [-0.39, 0.29) is 18.5 Å². The van der Waals surface area contributed by atoms with Gasteiger partial charge in [0, 0.05) is 23.2 Å². The first kappa shape index (κ1) is 18.7. The second kappa shape index (κ2) is 7.27. The van der Waals surface area contributed by atoms with Gasteiger partial charge in [-0.3, -0.25) is 14.5 Å². The van der Waals surface area contributed by atoms with E-state index in [9.17, 15) is 14.4 Å². The van der Waals surface area contributed by atoms with Crippen molar-refractivity contribution in [2.24, 2.45) is 0 Å². The van der Waals surface area contributed by atoms with Crippen molar-refractivity contribution in [1.82, 2.24) is 15.1 Å². The molecule has 0 saturated carbocycles. The number of amides is 4. The van der Waals surface area contributed by atoms with Crippen LogP contribution in [0.4, 0.5) is 4.79 Å². The maximum atomic E-state index is 13.0. The van der Waals surface area contributed by atoms with Crippen molar-refractivity contribution in [3.63, 3.8) is 0 Å². The van der Waals surface area contributed by atoms with Crippen molar-refractivity contribution in [1.29, 1.82) is 0 Å². The molecule has 0 aromatic heterocycles. The highest BCUT2D eigenvalue weighted by atomic mass is 35.5. The Morgan fingerprint density at radius 3 is 2.73 bits per heavy atom. The van der Waals surface area contributed by atoms with Crippen LogP contribution in [0.2, 0.25) is 5.02 Å². The molecule has 7 heteroatoms. The van der Waals surface area contributed by atoms with Gasteiger partial charge in [-0.05, 0) is 38.7 Å². The predicted molar refractivity (Wildman–Crippen MR) is 98.7 cm³/mol. The first-order valence-electron chi connectivity index (χ1n) is 9.07. The molecule has 2 aliphatic rings. The average molecular weight is 378 g/mol. The summed E-state index contributed by atoms with van der Waals surface area (Å²) in [5, 5.41) is 3.10. The van der Waals surface area contributed by atoms with Gasteiger partial charge in [0.15, 0.2) is 0 Å². The highest BCUT2D eigenvalue weighted by molar-refractivity contribution is 6.32. The summed E-state index contributed by atoms with van der Waals surface area (Å²) in [6.07, 6.45) is 3.92. The number of halogens is 1. The van der Waals surface area contributed by atoms with Crippen molar-refractivity contribution >= 4 is 29.4 Å². The standard InChI is InChI=1S/C19H24ClN3O3/c1-3-13-8-6-7-11-22(13)16(24)12-23-17(25)19(2,21-18(23)26)14-9-4-5-10-15(14)20/h4-5,9-10,13H,3,6-8,11-12H2,1-2H3,(H,21,26)/t13-,19+/m1/s1. The van der Waals surface area contributed by atoms with Crippen LogP contribution >= 0.6 is 11.6 Å². The SMILES string of the molecule is CC[C@@H]1CCCCN1C(=O)CN1C(=O)N[C@@](C)(c2ccccc2Cl)C1=O. The van der Waals surface area contributed by atoms with E-state index in [1.54, 1.807) is 31.2 Å². The molecule has 2 heterocycles. The Labute approximate surface area is 158 Å². The summed E-state index contributed by atoms with van der Waals surface area (Å²) >= 11 is 6.22. The lowest BCUT2D eigenvalue weighted by Crippen LogP contribution is -2.49. The number of urea groups is 1. The van der Waals surface area contributed by atoms with E-state index in [2.05, 4.69) is 12.2 Å². The summed E-state index contributed by atoms with van der Waals surface area (Å²) < 4.78 is 0.